The first-order chi connectivity index (χ1) is 19.6. The largest absolute Gasteiger partial charge is 0.340 e. The van der Waals surface area contributed by atoms with Gasteiger partial charge in [0, 0.05) is 50.9 Å². The van der Waals surface area contributed by atoms with Gasteiger partial charge in [-0.1, -0.05) is 91.0 Å². The average Bonchev–Trinajstić information content (AvgIpc) is 3.43. The number of rotatable bonds is 7. The first kappa shape index (κ1) is 26.0. The van der Waals surface area contributed by atoms with Gasteiger partial charge in [0.2, 0.25) is 5.91 Å². The second-order valence-electron chi connectivity index (χ2n) is 10.8. The van der Waals surface area contributed by atoms with E-state index in [2.05, 4.69) is 131 Å². The lowest BCUT2D eigenvalue weighted by Crippen LogP contribution is -2.50. The number of pyridine rings is 1. The first-order valence-electron chi connectivity index (χ1n) is 14.2. The monoisotopic (exact) mass is 528 g/mol. The van der Waals surface area contributed by atoms with Crippen LogP contribution in [0.2, 0.25) is 0 Å². The molecule has 5 aromatic rings. The lowest BCUT2D eigenvalue weighted by Gasteiger charge is -2.40. The van der Waals surface area contributed by atoms with E-state index in [0.717, 1.165) is 43.1 Å². The van der Waals surface area contributed by atoms with E-state index in [0.29, 0.717) is 6.42 Å². The predicted octanol–water partition coefficient (Wildman–Crippen LogP) is 6.41. The number of hydrogen-bond donors (Lipinski definition) is 0. The molecule has 5 nitrogen and oxygen atoms in total. The lowest BCUT2D eigenvalue weighted by molar-refractivity contribution is -0.133. The molecule has 1 unspecified atom stereocenters. The molecule has 1 amide bonds. The fourth-order valence-electron chi connectivity index (χ4n) is 6.20. The van der Waals surface area contributed by atoms with Crippen molar-refractivity contribution in [1.82, 2.24) is 19.2 Å². The number of fused-ring (bicyclic) bond motifs is 1. The summed E-state index contributed by atoms with van der Waals surface area (Å²) in [6.07, 6.45) is 4.44. The quantitative estimate of drug-likeness (QED) is 0.245. The number of carbonyl (C=O) groups excluding carboxylic acids is 1. The molecule has 0 saturated carbocycles. The van der Waals surface area contributed by atoms with Crippen LogP contribution in [0, 0.1) is 13.8 Å². The zero-order valence-electron chi connectivity index (χ0n) is 23.3. The predicted molar refractivity (Wildman–Crippen MR) is 160 cm³/mol. The van der Waals surface area contributed by atoms with Crippen LogP contribution in [-0.2, 0) is 4.79 Å². The zero-order chi connectivity index (χ0) is 27.5. The van der Waals surface area contributed by atoms with Crippen LogP contribution in [-0.4, -0.2) is 51.3 Å². The van der Waals surface area contributed by atoms with Crippen molar-refractivity contribution in [3.8, 4) is 0 Å². The Balaban J connectivity index is 1.23. The van der Waals surface area contributed by atoms with E-state index in [1.165, 1.54) is 22.3 Å². The summed E-state index contributed by atoms with van der Waals surface area (Å²) in [5.74, 6) is 0.136. The van der Waals surface area contributed by atoms with Gasteiger partial charge < -0.3 is 9.30 Å². The third kappa shape index (κ3) is 5.17. The number of nitrogens with zero attached hydrogens (tertiary/aromatic N) is 4. The third-order valence-electron chi connectivity index (χ3n) is 8.32. The van der Waals surface area contributed by atoms with E-state index >= 15 is 0 Å². The number of piperazine rings is 1. The molecule has 0 aliphatic carbocycles. The third-order valence-corrected chi connectivity index (χ3v) is 8.32. The Morgan fingerprint density at radius 3 is 2.00 bits per heavy atom. The maximum atomic E-state index is 13.9. The van der Waals surface area contributed by atoms with Crippen molar-refractivity contribution in [1.29, 1.82) is 0 Å². The van der Waals surface area contributed by atoms with E-state index in [1.807, 2.05) is 6.20 Å². The molecule has 1 aliphatic rings. The Kier molecular flexibility index (Phi) is 7.47. The standard InChI is InChI=1S/C35H36N4O/c1-26-12-9-10-18-30(26)31(32-25-36-35-27(2)13-11-19-39(32)35)24-33(40)37-20-22-38(23-21-37)34(28-14-5-3-6-15-28)29-16-7-4-8-17-29/h3-19,25,31,34H,20-24H2,1-2H3. The molecule has 5 heteroatoms. The molecule has 1 saturated heterocycles. The van der Waals surface area contributed by atoms with Crippen LogP contribution < -0.4 is 0 Å². The number of imidazole rings is 1. The summed E-state index contributed by atoms with van der Waals surface area (Å²) in [4.78, 5) is 23.2. The molecular formula is C35H36N4O. The highest BCUT2D eigenvalue weighted by molar-refractivity contribution is 5.78. The maximum Gasteiger partial charge on any atom is 0.223 e. The summed E-state index contributed by atoms with van der Waals surface area (Å²) >= 11 is 0. The second kappa shape index (κ2) is 11.5. The van der Waals surface area contributed by atoms with Gasteiger partial charge in [-0.2, -0.15) is 0 Å². The van der Waals surface area contributed by atoms with E-state index in [4.69, 9.17) is 4.98 Å². The van der Waals surface area contributed by atoms with Crippen LogP contribution in [0.4, 0.5) is 0 Å². The summed E-state index contributed by atoms with van der Waals surface area (Å²) in [5.41, 5.74) is 8.10. The SMILES string of the molecule is Cc1ccccc1C(CC(=O)N1CCN(C(c2ccccc2)c2ccccc2)CC1)c1cnc2c(C)cccn12. The molecule has 0 N–H and O–H groups in total. The highest BCUT2D eigenvalue weighted by atomic mass is 16.2. The van der Waals surface area contributed by atoms with Crippen LogP contribution in [0.1, 0.15) is 51.9 Å². The van der Waals surface area contributed by atoms with E-state index in [1.54, 1.807) is 0 Å². The Morgan fingerprint density at radius 2 is 1.35 bits per heavy atom. The Labute approximate surface area is 236 Å². The minimum Gasteiger partial charge on any atom is -0.340 e. The van der Waals surface area contributed by atoms with Crippen molar-refractivity contribution in [3.05, 3.63) is 143 Å². The first-order valence-corrected chi connectivity index (χ1v) is 14.2. The second-order valence-corrected chi connectivity index (χ2v) is 10.8. The summed E-state index contributed by atoms with van der Waals surface area (Å²) in [6.45, 7) is 7.34. The van der Waals surface area contributed by atoms with E-state index in [9.17, 15) is 4.79 Å². The van der Waals surface area contributed by atoms with Crippen molar-refractivity contribution < 1.29 is 4.79 Å². The number of amides is 1. The topological polar surface area (TPSA) is 40.9 Å². The van der Waals surface area contributed by atoms with Gasteiger partial charge in [0.15, 0.2) is 0 Å². The summed E-state index contributed by atoms with van der Waals surface area (Å²) < 4.78 is 2.15. The van der Waals surface area contributed by atoms with Crippen LogP contribution in [0.15, 0.2) is 109 Å². The van der Waals surface area contributed by atoms with Gasteiger partial charge in [-0.05, 0) is 47.7 Å². The zero-order valence-corrected chi connectivity index (χ0v) is 23.3. The van der Waals surface area contributed by atoms with Crippen LogP contribution >= 0.6 is 0 Å². The Hall–Kier alpha value is -4.22. The highest BCUT2D eigenvalue weighted by Gasteiger charge is 2.30. The smallest absolute Gasteiger partial charge is 0.223 e. The molecule has 0 radical (unpaired) electrons. The van der Waals surface area contributed by atoms with E-state index in [-0.39, 0.29) is 17.9 Å². The number of hydrogen-bond acceptors (Lipinski definition) is 3. The van der Waals surface area contributed by atoms with Gasteiger partial charge in [0.1, 0.15) is 5.65 Å². The Bertz CT molecular complexity index is 1550. The molecular weight excluding hydrogens is 492 g/mol. The van der Waals surface area contributed by atoms with Crippen molar-refractivity contribution in [2.45, 2.75) is 32.2 Å². The van der Waals surface area contributed by atoms with Crippen molar-refractivity contribution in [3.63, 3.8) is 0 Å². The normalized spacial score (nSPS) is 15.0. The molecule has 3 heterocycles. The molecule has 1 aliphatic heterocycles. The molecule has 2 aromatic heterocycles. The van der Waals surface area contributed by atoms with Crippen LogP contribution in [0.25, 0.3) is 5.65 Å². The number of aromatic nitrogens is 2. The maximum absolute atomic E-state index is 13.9. The summed E-state index contributed by atoms with van der Waals surface area (Å²) in [6, 6.07) is 34.1. The van der Waals surface area contributed by atoms with Crippen molar-refractivity contribution in [2.24, 2.45) is 0 Å². The highest BCUT2D eigenvalue weighted by Crippen LogP contribution is 2.33. The van der Waals surface area contributed by atoms with E-state index < -0.39 is 0 Å². The fraction of sp³-hybridized carbons (Fsp3) is 0.257. The van der Waals surface area contributed by atoms with Gasteiger partial charge in [-0.25, -0.2) is 4.98 Å². The Morgan fingerprint density at radius 1 is 0.750 bits per heavy atom. The van der Waals surface area contributed by atoms with Gasteiger partial charge in [-0.3, -0.25) is 9.69 Å². The fourth-order valence-corrected chi connectivity index (χ4v) is 6.20. The van der Waals surface area contributed by atoms with Crippen molar-refractivity contribution >= 4 is 11.6 Å². The molecule has 1 atom stereocenters. The molecule has 1 fully saturated rings. The molecule has 202 valence electrons. The van der Waals surface area contributed by atoms with Crippen LogP contribution in [0.5, 0.6) is 0 Å². The minimum atomic E-state index is -0.0649. The molecule has 0 bridgehead atoms. The summed E-state index contributed by atoms with van der Waals surface area (Å²) in [5, 5.41) is 0. The van der Waals surface area contributed by atoms with Gasteiger partial charge in [0.05, 0.1) is 11.7 Å². The average molecular weight is 529 g/mol. The lowest BCUT2D eigenvalue weighted by atomic mass is 9.89. The molecule has 0 spiro atoms. The number of benzene rings is 3. The number of carbonyl (C=O) groups is 1. The van der Waals surface area contributed by atoms with Gasteiger partial charge >= 0.3 is 0 Å². The minimum absolute atomic E-state index is 0.0649. The molecule has 3 aromatic carbocycles. The summed E-state index contributed by atoms with van der Waals surface area (Å²) in [7, 11) is 0. The van der Waals surface area contributed by atoms with Gasteiger partial charge in [-0.15, -0.1) is 0 Å². The van der Waals surface area contributed by atoms with Gasteiger partial charge in [0.25, 0.3) is 0 Å². The van der Waals surface area contributed by atoms with Crippen LogP contribution in [0.3, 0.4) is 0 Å². The number of aryl methyl sites for hydroxylation is 2. The molecule has 40 heavy (non-hydrogen) atoms. The molecule has 6 rings (SSSR count). The van der Waals surface area contributed by atoms with Crippen molar-refractivity contribution in [2.75, 3.05) is 26.2 Å².